The molecule has 25 heavy (non-hydrogen) atoms. The van der Waals surface area contributed by atoms with Crippen LogP contribution >= 0.6 is 0 Å². The zero-order chi connectivity index (χ0) is 17.2. The Balaban J connectivity index is 1.23. The van der Waals surface area contributed by atoms with Crippen molar-refractivity contribution in [3.63, 3.8) is 0 Å². The van der Waals surface area contributed by atoms with Crippen LogP contribution in [0.15, 0.2) is 22.8 Å². The molecule has 1 unspecified atom stereocenters. The van der Waals surface area contributed by atoms with Gasteiger partial charge in [-0.05, 0) is 30.9 Å². The number of furan rings is 1. The highest BCUT2D eigenvalue weighted by atomic mass is 16.3. The number of aromatic nitrogens is 3. The van der Waals surface area contributed by atoms with Crippen molar-refractivity contribution in [1.29, 1.82) is 0 Å². The third-order valence-electron chi connectivity index (χ3n) is 4.70. The molecule has 1 saturated heterocycles. The van der Waals surface area contributed by atoms with E-state index >= 15 is 0 Å². The predicted molar refractivity (Wildman–Crippen MR) is 88.2 cm³/mol. The molecule has 1 atom stereocenters. The Morgan fingerprint density at radius 1 is 1.44 bits per heavy atom. The Bertz CT molecular complexity index is 750. The number of hydrogen-bond donors (Lipinski definition) is 2. The van der Waals surface area contributed by atoms with Crippen molar-refractivity contribution < 1.29 is 14.0 Å². The zero-order valence-corrected chi connectivity index (χ0v) is 13.9. The average Bonchev–Trinajstić information content (AvgIpc) is 3.01. The minimum absolute atomic E-state index is 0.0579. The Hall–Kier alpha value is -2.64. The molecule has 0 spiro atoms. The smallest absolute Gasteiger partial charge is 0.225 e. The van der Waals surface area contributed by atoms with Gasteiger partial charge in [-0.2, -0.15) is 5.10 Å². The molecule has 3 heterocycles. The van der Waals surface area contributed by atoms with Gasteiger partial charge in [0.1, 0.15) is 5.82 Å². The van der Waals surface area contributed by atoms with E-state index in [1.165, 1.54) is 12.8 Å². The molecule has 132 valence electrons. The number of nitrogens with zero attached hydrogens (tertiary/aromatic N) is 3. The summed E-state index contributed by atoms with van der Waals surface area (Å²) in [6.07, 6.45) is 4.85. The molecule has 0 aromatic carbocycles. The standard InChI is InChI=1S/C17H21N5O3/c23-15-8-12(10-22(15)9-11-3-4-11)17(24)18-6-5-14-19-16(21-20-14)13-2-1-7-25-13/h1-2,7,11-12H,3-6,8-10H2,(H,18,24)(H,19,20,21). The highest BCUT2D eigenvalue weighted by Crippen LogP contribution is 2.31. The first-order valence-corrected chi connectivity index (χ1v) is 8.69. The van der Waals surface area contributed by atoms with Crippen LogP contribution in [0.2, 0.25) is 0 Å². The van der Waals surface area contributed by atoms with Gasteiger partial charge in [0, 0.05) is 32.5 Å². The van der Waals surface area contributed by atoms with Gasteiger partial charge in [-0.25, -0.2) is 4.98 Å². The molecule has 4 rings (SSSR count). The quantitative estimate of drug-likeness (QED) is 0.780. The number of aromatic amines is 1. The van der Waals surface area contributed by atoms with Gasteiger partial charge in [0.2, 0.25) is 17.6 Å². The van der Waals surface area contributed by atoms with E-state index in [2.05, 4.69) is 20.5 Å². The summed E-state index contributed by atoms with van der Waals surface area (Å²) in [6, 6.07) is 3.57. The first-order valence-electron chi connectivity index (χ1n) is 8.69. The Morgan fingerprint density at radius 2 is 2.32 bits per heavy atom. The van der Waals surface area contributed by atoms with Gasteiger partial charge < -0.3 is 14.6 Å². The Labute approximate surface area is 145 Å². The van der Waals surface area contributed by atoms with E-state index in [1.54, 1.807) is 18.4 Å². The number of carbonyl (C=O) groups is 2. The average molecular weight is 343 g/mol. The fraction of sp³-hybridized carbons (Fsp3) is 0.529. The fourth-order valence-electron chi connectivity index (χ4n) is 3.11. The molecule has 8 nitrogen and oxygen atoms in total. The normalized spacial score (nSPS) is 20.2. The third kappa shape index (κ3) is 3.72. The lowest BCUT2D eigenvalue weighted by Crippen LogP contribution is -2.34. The third-order valence-corrected chi connectivity index (χ3v) is 4.70. The van der Waals surface area contributed by atoms with Crippen LogP contribution in [0.1, 0.15) is 25.1 Å². The van der Waals surface area contributed by atoms with E-state index < -0.39 is 0 Å². The maximum Gasteiger partial charge on any atom is 0.225 e. The van der Waals surface area contributed by atoms with Crippen LogP contribution in [0, 0.1) is 11.8 Å². The molecule has 1 saturated carbocycles. The van der Waals surface area contributed by atoms with Crippen molar-refractivity contribution in [1.82, 2.24) is 25.4 Å². The van der Waals surface area contributed by atoms with Crippen molar-refractivity contribution in [2.45, 2.75) is 25.7 Å². The summed E-state index contributed by atoms with van der Waals surface area (Å²) in [6.45, 7) is 1.82. The Kier molecular flexibility index (Phi) is 4.25. The van der Waals surface area contributed by atoms with E-state index in [-0.39, 0.29) is 17.7 Å². The molecule has 2 aromatic rings. The number of amides is 2. The van der Waals surface area contributed by atoms with E-state index in [0.717, 1.165) is 6.54 Å². The molecule has 2 fully saturated rings. The van der Waals surface area contributed by atoms with Crippen molar-refractivity contribution in [3.05, 3.63) is 24.2 Å². The van der Waals surface area contributed by atoms with Gasteiger partial charge in [-0.1, -0.05) is 0 Å². The summed E-state index contributed by atoms with van der Waals surface area (Å²) in [4.78, 5) is 30.4. The second-order valence-corrected chi connectivity index (χ2v) is 6.77. The molecule has 2 aromatic heterocycles. The Morgan fingerprint density at radius 3 is 3.08 bits per heavy atom. The molecule has 2 aliphatic rings. The molecule has 2 N–H and O–H groups in total. The summed E-state index contributed by atoms with van der Waals surface area (Å²) in [5.74, 6) is 2.25. The maximum absolute atomic E-state index is 12.3. The summed E-state index contributed by atoms with van der Waals surface area (Å²) in [7, 11) is 0. The lowest BCUT2D eigenvalue weighted by Gasteiger charge is -2.15. The number of likely N-dealkylation sites (tertiary alicyclic amines) is 1. The fourth-order valence-corrected chi connectivity index (χ4v) is 3.11. The minimum Gasteiger partial charge on any atom is -0.461 e. The van der Waals surface area contributed by atoms with Crippen molar-refractivity contribution in [3.8, 4) is 11.6 Å². The van der Waals surface area contributed by atoms with Gasteiger partial charge in [-0.3, -0.25) is 14.7 Å². The number of H-pyrrole nitrogens is 1. The topological polar surface area (TPSA) is 104 Å². The van der Waals surface area contributed by atoms with Crippen LogP contribution in [0.3, 0.4) is 0 Å². The summed E-state index contributed by atoms with van der Waals surface area (Å²) in [5.41, 5.74) is 0. The summed E-state index contributed by atoms with van der Waals surface area (Å²) < 4.78 is 5.24. The van der Waals surface area contributed by atoms with Gasteiger partial charge >= 0.3 is 0 Å². The first kappa shape index (κ1) is 15.9. The minimum atomic E-state index is -0.236. The molecule has 8 heteroatoms. The molecular formula is C17H21N5O3. The number of nitrogens with one attached hydrogen (secondary N) is 2. The van der Waals surface area contributed by atoms with Gasteiger partial charge in [0.25, 0.3) is 0 Å². The van der Waals surface area contributed by atoms with Crippen LogP contribution < -0.4 is 5.32 Å². The number of carbonyl (C=O) groups excluding carboxylic acids is 2. The summed E-state index contributed by atoms with van der Waals surface area (Å²) >= 11 is 0. The van der Waals surface area contributed by atoms with Crippen molar-refractivity contribution in [2.24, 2.45) is 11.8 Å². The van der Waals surface area contributed by atoms with Crippen LogP contribution in [-0.2, 0) is 16.0 Å². The van der Waals surface area contributed by atoms with E-state index in [0.29, 0.717) is 49.3 Å². The van der Waals surface area contributed by atoms with Gasteiger partial charge in [0.05, 0.1) is 12.2 Å². The highest BCUT2D eigenvalue weighted by Gasteiger charge is 2.36. The van der Waals surface area contributed by atoms with E-state index in [1.807, 2.05) is 4.90 Å². The maximum atomic E-state index is 12.3. The van der Waals surface area contributed by atoms with Crippen LogP contribution in [-0.4, -0.2) is 51.5 Å². The number of hydrogen-bond acceptors (Lipinski definition) is 5. The molecular weight excluding hydrogens is 322 g/mol. The second kappa shape index (κ2) is 6.70. The van der Waals surface area contributed by atoms with Crippen LogP contribution in [0.5, 0.6) is 0 Å². The molecule has 0 radical (unpaired) electrons. The number of rotatable bonds is 7. The van der Waals surface area contributed by atoms with Crippen LogP contribution in [0.25, 0.3) is 11.6 Å². The second-order valence-electron chi connectivity index (χ2n) is 6.77. The van der Waals surface area contributed by atoms with Crippen molar-refractivity contribution >= 4 is 11.8 Å². The van der Waals surface area contributed by atoms with Crippen LogP contribution in [0.4, 0.5) is 0 Å². The van der Waals surface area contributed by atoms with Gasteiger partial charge in [-0.15, -0.1) is 0 Å². The SMILES string of the molecule is O=C(NCCc1nc(-c2ccco2)n[nH]1)C1CC(=O)N(CC2CC2)C1. The summed E-state index contributed by atoms with van der Waals surface area (Å²) in [5, 5.41) is 9.84. The predicted octanol–water partition coefficient (Wildman–Crippen LogP) is 0.982. The lowest BCUT2D eigenvalue weighted by atomic mass is 10.1. The van der Waals surface area contributed by atoms with E-state index in [4.69, 9.17) is 4.42 Å². The zero-order valence-electron chi connectivity index (χ0n) is 13.9. The van der Waals surface area contributed by atoms with Crippen molar-refractivity contribution in [2.75, 3.05) is 19.6 Å². The highest BCUT2D eigenvalue weighted by molar-refractivity contribution is 5.89. The molecule has 2 amide bonds. The van der Waals surface area contributed by atoms with E-state index in [9.17, 15) is 9.59 Å². The first-order chi connectivity index (χ1) is 12.2. The molecule has 1 aliphatic carbocycles. The molecule has 0 bridgehead atoms. The molecule has 1 aliphatic heterocycles. The lowest BCUT2D eigenvalue weighted by molar-refractivity contribution is -0.129. The van der Waals surface area contributed by atoms with Gasteiger partial charge in [0.15, 0.2) is 5.76 Å². The largest absolute Gasteiger partial charge is 0.461 e. The monoisotopic (exact) mass is 343 g/mol.